The summed E-state index contributed by atoms with van der Waals surface area (Å²) >= 11 is 0. The molecule has 1 heterocycles. The third kappa shape index (κ3) is 4.74. The summed E-state index contributed by atoms with van der Waals surface area (Å²) < 4.78 is 0. The van der Waals surface area contributed by atoms with Crippen LogP contribution in [-0.2, 0) is 0 Å². The van der Waals surface area contributed by atoms with Crippen LogP contribution in [0.5, 0.6) is 0 Å². The van der Waals surface area contributed by atoms with Crippen molar-refractivity contribution in [3.63, 3.8) is 0 Å². The van der Waals surface area contributed by atoms with Crippen molar-refractivity contribution in [2.45, 2.75) is 0 Å². The van der Waals surface area contributed by atoms with Crippen LogP contribution in [0, 0.1) is 0 Å². The molecule has 0 aliphatic heterocycles. The maximum absolute atomic E-state index is 4.83. The molecule has 0 amide bonds. The fraction of sp³-hybridized carbons (Fsp3) is 0. The maximum Gasteiger partial charge on any atom is 0.159 e. The van der Waals surface area contributed by atoms with E-state index in [1.807, 2.05) is 42.7 Å². The molecule has 11 aromatic rings. The Balaban J connectivity index is 1.28. The Morgan fingerprint density at radius 1 is 0.259 bits per heavy atom. The average molecular weight is 685 g/mol. The van der Waals surface area contributed by atoms with Gasteiger partial charge in [-0.05, 0) is 111 Å². The second-order valence-electron chi connectivity index (χ2n) is 14.1. The molecule has 0 aliphatic carbocycles. The van der Waals surface area contributed by atoms with E-state index in [1.54, 1.807) is 0 Å². The van der Waals surface area contributed by atoms with Crippen LogP contribution < -0.4 is 0 Å². The topological polar surface area (TPSA) is 25.8 Å². The number of nitrogens with zero attached hydrogens (tertiary/aromatic N) is 2. The fourth-order valence-electron chi connectivity index (χ4n) is 8.67. The summed E-state index contributed by atoms with van der Waals surface area (Å²) in [4.78, 5) is 9.66. The molecule has 11 rings (SSSR count). The molecule has 0 atom stereocenters. The van der Waals surface area contributed by atoms with E-state index < -0.39 is 0 Å². The lowest BCUT2D eigenvalue weighted by Gasteiger charge is -2.21. The molecule has 0 saturated carbocycles. The van der Waals surface area contributed by atoms with Crippen LogP contribution in [0.2, 0.25) is 0 Å². The molecule has 54 heavy (non-hydrogen) atoms. The first kappa shape index (κ1) is 30.5. The minimum atomic E-state index is 0.722. The zero-order valence-electron chi connectivity index (χ0n) is 29.4. The molecule has 0 bridgehead atoms. The van der Waals surface area contributed by atoms with E-state index in [1.165, 1.54) is 86.9 Å². The lowest BCUT2D eigenvalue weighted by Crippen LogP contribution is -1.94. The van der Waals surface area contributed by atoms with E-state index >= 15 is 0 Å². The summed E-state index contributed by atoms with van der Waals surface area (Å²) in [5.41, 5.74) is 8.03. The third-order valence-electron chi connectivity index (χ3n) is 11.1. The van der Waals surface area contributed by atoms with Gasteiger partial charge in [0, 0.05) is 23.5 Å². The molecule has 0 aliphatic rings. The van der Waals surface area contributed by atoms with Crippen LogP contribution in [0.3, 0.4) is 0 Å². The van der Waals surface area contributed by atoms with E-state index in [0.717, 1.165) is 22.5 Å². The van der Waals surface area contributed by atoms with Crippen LogP contribution in [0.4, 0.5) is 0 Å². The molecule has 250 valence electrons. The van der Waals surface area contributed by atoms with Crippen molar-refractivity contribution in [2.75, 3.05) is 0 Å². The van der Waals surface area contributed by atoms with Gasteiger partial charge in [0.2, 0.25) is 0 Å². The Kier molecular flexibility index (Phi) is 6.90. The van der Waals surface area contributed by atoms with Crippen LogP contribution in [-0.4, -0.2) is 9.97 Å². The normalized spacial score (nSPS) is 11.7. The Morgan fingerprint density at radius 3 is 1.24 bits per heavy atom. The smallest absolute Gasteiger partial charge is 0.159 e. The molecule has 0 N–H and O–H groups in total. The molecular weight excluding hydrogens is 653 g/mol. The first-order valence-corrected chi connectivity index (χ1v) is 18.5. The molecule has 1 aromatic heterocycles. The predicted molar refractivity (Wildman–Crippen MR) is 229 cm³/mol. The number of benzene rings is 10. The predicted octanol–water partition coefficient (Wildman–Crippen LogP) is 14.1. The van der Waals surface area contributed by atoms with E-state index in [9.17, 15) is 0 Å². The van der Waals surface area contributed by atoms with Crippen LogP contribution in [0.1, 0.15) is 0 Å². The first-order chi connectivity index (χ1) is 26.8. The Hall–Kier alpha value is -7.16. The van der Waals surface area contributed by atoms with Crippen molar-refractivity contribution < 1.29 is 0 Å². The summed E-state index contributed by atoms with van der Waals surface area (Å²) in [5.74, 6) is 0.722. The molecule has 0 saturated heterocycles. The lowest BCUT2D eigenvalue weighted by atomic mass is 9.82. The highest BCUT2D eigenvalue weighted by Crippen LogP contribution is 2.49. The number of aromatic nitrogens is 2. The highest BCUT2D eigenvalue weighted by atomic mass is 14.9. The number of hydrogen-bond acceptors (Lipinski definition) is 2. The van der Waals surface area contributed by atoms with Crippen LogP contribution in [0.25, 0.3) is 109 Å². The molecular formula is C52H32N2. The van der Waals surface area contributed by atoms with E-state index in [2.05, 4.69) is 152 Å². The zero-order chi connectivity index (χ0) is 35.6. The minimum absolute atomic E-state index is 0.722. The van der Waals surface area contributed by atoms with Gasteiger partial charge >= 0.3 is 0 Å². The third-order valence-corrected chi connectivity index (χ3v) is 11.1. The van der Waals surface area contributed by atoms with Gasteiger partial charge in [-0.1, -0.05) is 164 Å². The monoisotopic (exact) mass is 684 g/mol. The summed E-state index contributed by atoms with van der Waals surface area (Å²) in [6.45, 7) is 0. The molecule has 0 fully saturated rings. The summed E-state index contributed by atoms with van der Waals surface area (Å²) in [7, 11) is 0. The summed E-state index contributed by atoms with van der Waals surface area (Å²) in [6.07, 6.45) is 3.92. The number of rotatable bonds is 4. The Morgan fingerprint density at radius 2 is 0.685 bits per heavy atom. The van der Waals surface area contributed by atoms with Gasteiger partial charge in [0.25, 0.3) is 0 Å². The standard InChI is InChI=1S/C52H32N2/c1-2-14-33(15-3-1)52-53-31-37(32-54-52)34-26-27-46-49(28-34)51(48-30-36-17-5-7-19-39(36)41-21-9-11-23-43(41)48)45-25-13-12-24-44(45)50(46)47-29-35-16-4-6-18-38(35)40-20-8-10-22-42(40)47/h1-32H. The summed E-state index contributed by atoms with van der Waals surface area (Å²) in [6, 6.07) is 66.1. The molecule has 0 spiro atoms. The van der Waals surface area contributed by atoms with Gasteiger partial charge < -0.3 is 0 Å². The molecule has 10 aromatic carbocycles. The minimum Gasteiger partial charge on any atom is -0.236 e. The van der Waals surface area contributed by atoms with Crippen LogP contribution in [0.15, 0.2) is 194 Å². The highest BCUT2D eigenvalue weighted by molar-refractivity contribution is 6.28. The quantitative estimate of drug-likeness (QED) is 0.136. The molecule has 2 nitrogen and oxygen atoms in total. The Labute approximate surface area is 312 Å². The zero-order valence-corrected chi connectivity index (χ0v) is 29.4. The number of hydrogen-bond donors (Lipinski definition) is 0. The van der Waals surface area contributed by atoms with Crippen molar-refractivity contribution in [3.05, 3.63) is 194 Å². The van der Waals surface area contributed by atoms with Gasteiger partial charge in [0.1, 0.15) is 0 Å². The van der Waals surface area contributed by atoms with E-state index in [-0.39, 0.29) is 0 Å². The van der Waals surface area contributed by atoms with Gasteiger partial charge in [0.05, 0.1) is 0 Å². The van der Waals surface area contributed by atoms with Crippen molar-refractivity contribution in [3.8, 4) is 44.8 Å². The molecule has 0 unspecified atom stereocenters. The average Bonchev–Trinajstić information content (AvgIpc) is 3.25. The lowest BCUT2D eigenvalue weighted by molar-refractivity contribution is 1.18. The Bertz CT molecular complexity index is 3250. The molecule has 2 heteroatoms. The first-order valence-electron chi connectivity index (χ1n) is 18.5. The van der Waals surface area contributed by atoms with Gasteiger partial charge in [0.15, 0.2) is 5.82 Å². The van der Waals surface area contributed by atoms with Crippen molar-refractivity contribution in [1.29, 1.82) is 0 Å². The van der Waals surface area contributed by atoms with E-state index in [4.69, 9.17) is 9.97 Å². The van der Waals surface area contributed by atoms with Crippen molar-refractivity contribution >= 4 is 64.6 Å². The second kappa shape index (κ2) is 12.2. The van der Waals surface area contributed by atoms with Gasteiger partial charge in [-0.15, -0.1) is 0 Å². The second-order valence-corrected chi connectivity index (χ2v) is 14.1. The van der Waals surface area contributed by atoms with Gasteiger partial charge in [-0.25, -0.2) is 9.97 Å². The summed E-state index contributed by atoms with van der Waals surface area (Å²) in [5, 5.41) is 14.9. The van der Waals surface area contributed by atoms with E-state index in [0.29, 0.717) is 0 Å². The fourth-order valence-corrected chi connectivity index (χ4v) is 8.67. The largest absolute Gasteiger partial charge is 0.236 e. The SMILES string of the molecule is c1ccc(-c2ncc(-c3ccc4c(-c5cc6ccccc6c6ccccc56)c5ccccc5c(-c5cc6ccccc6c6ccccc56)c4c3)cn2)cc1. The van der Waals surface area contributed by atoms with Gasteiger partial charge in [-0.3, -0.25) is 0 Å². The van der Waals surface area contributed by atoms with Crippen molar-refractivity contribution in [2.24, 2.45) is 0 Å². The van der Waals surface area contributed by atoms with Crippen LogP contribution >= 0.6 is 0 Å². The number of fused-ring (bicyclic) bond motifs is 8. The molecule has 0 radical (unpaired) electrons. The highest BCUT2D eigenvalue weighted by Gasteiger charge is 2.21. The van der Waals surface area contributed by atoms with Crippen molar-refractivity contribution in [1.82, 2.24) is 9.97 Å². The maximum atomic E-state index is 4.83. The van der Waals surface area contributed by atoms with Gasteiger partial charge in [-0.2, -0.15) is 0 Å².